The van der Waals surface area contributed by atoms with Crippen LogP contribution < -0.4 is 5.32 Å². The molecule has 0 radical (unpaired) electrons. The quantitative estimate of drug-likeness (QED) is 0.779. The molecule has 1 N–H and O–H groups in total. The Morgan fingerprint density at radius 1 is 1.10 bits per heavy atom. The van der Waals surface area contributed by atoms with Crippen LogP contribution in [0.15, 0.2) is 60.9 Å². The number of anilines is 1. The van der Waals surface area contributed by atoms with Crippen LogP contribution in [0.3, 0.4) is 0 Å². The van der Waals surface area contributed by atoms with Gasteiger partial charge in [-0.15, -0.1) is 0 Å². The van der Waals surface area contributed by atoms with Crippen LogP contribution in [-0.4, -0.2) is 9.78 Å². The summed E-state index contributed by atoms with van der Waals surface area (Å²) >= 11 is 5.97. The Labute approximate surface area is 127 Å². The third kappa shape index (κ3) is 3.06. The molecule has 0 unspecified atom stereocenters. The second-order valence-electron chi connectivity index (χ2n) is 4.57. The van der Waals surface area contributed by atoms with Crippen molar-refractivity contribution in [1.29, 1.82) is 0 Å². The molecule has 0 aliphatic carbocycles. The molecule has 3 aromatic rings. The van der Waals surface area contributed by atoms with Gasteiger partial charge in [0.15, 0.2) is 0 Å². The van der Waals surface area contributed by atoms with Gasteiger partial charge in [-0.3, -0.25) is 0 Å². The predicted octanol–water partition coefficient (Wildman–Crippen LogP) is 4.28. The summed E-state index contributed by atoms with van der Waals surface area (Å²) in [6.45, 7) is 0.500. The summed E-state index contributed by atoms with van der Waals surface area (Å²) in [6.07, 6.45) is 3.61. The molecule has 0 amide bonds. The summed E-state index contributed by atoms with van der Waals surface area (Å²) in [4.78, 5) is 0. The molecule has 1 heterocycles. The molecule has 0 bridgehead atoms. The van der Waals surface area contributed by atoms with Gasteiger partial charge in [-0.05, 0) is 35.9 Å². The second kappa shape index (κ2) is 5.97. The fourth-order valence-electron chi connectivity index (χ4n) is 2.05. The first-order valence-corrected chi connectivity index (χ1v) is 6.89. The molecule has 1 aromatic heterocycles. The standard InChI is InChI=1S/C16H13ClFN3/c17-14-3-1-4-15(18)16(14)19-11-12-5-7-13(8-6-12)21-10-2-9-20-21/h1-10,19H,11H2. The van der Waals surface area contributed by atoms with Gasteiger partial charge in [0.05, 0.1) is 16.4 Å². The number of nitrogens with one attached hydrogen (secondary N) is 1. The lowest BCUT2D eigenvalue weighted by molar-refractivity contribution is 0.630. The minimum absolute atomic E-state index is 0.329. The highest BCUT2D eigenvalue weighted by molar-refractivity contribution is 6.33. The third-order valence-corrected chi connectivity index (χ3v) is 3.45. The second-order valence-corrected chi connectivity index (χ2v) is 4.97. The third-order valence-electron chi connectivity index (χ3n) is 3.14. The van der Waals surface area contributed by atoms with Crippen molar-refractivity contribution >= 4 is 17.3 Å². The van der Waals surface area contributed by atoms with Crippen molar-refractivity contribution in [2.45, 2.75) is 6.54 Å². The number of aromatic nitrogens is 2. The van der Waals surface area contributed by atoms with Crippen LogP contribution in [-0.2, 0) is 6.54 Å². The van der Waals surface area contributed by atoms with E-state index in [4.69, 9.17) is 11.6 Å². The first-order valence-electron chi connectivity index (χ1n) is 6.51. The van der Waals surface area contributed by atoms with Crippen LogP contribution in [0, 0.1) is 5.82 Å². The van der Waals surface area contributed by atoms with Gasteiger partial charge < -0.3 is 5.32 Å². The average molecular weight is 302 g/mol. The highest BCUT2D eigenvalue weighted by Gasteiger charge is 2.06. The zero-order valence-electron chi connectivity index (χ0n) is 11.1. The predicted molar refractivity (Wildman–Crippen MR) is 82.3 cm³/mol. The maximum atomic E-state index is 13.6. The summed E-state index contributed by atoms with van der Waals surface area (Å²) in [7, 11) is 0. The summed E-state index contributed by atoms with van der Waals surface area (Å²) in [5.41, 5.74) is 2.34. The molecule has 2 aromatic carbocycles. The van der Waals surface area contributed by atoms with Gasteiger partial charge in [0.25, 0.3) is 0 Å². The highest BCUT2D eigenvalue weighted by Crippen LogP contribution is 2.25. The molecule has 0 aliphatic heterocycles. The van der Waals surface area contributed by atoms with E-state index in [9.17, 15) is 4.39 Å². The van der Waals surface area contributed by atoms with Gasteiger partial charge in [0.1, 0.15) is 5.82 Å². The van der Waals surface area contributed by atoms with Crippen molar-refractivity contribution < 1.29 is 4.39 Å². The van der Waals surface area contributed by atoms with Crippen molar-refractivity contribution in [2.75, 3.05) is 5.32 Å². The Balaban J connectivity index is 1.71. The van der Waals surface area contributed by atoms with Gasteiger partial charge in [0, 0.05) is 18.9 Å². The van der Waals surface area contributed by atoms with Gasteiger partial charge >= 0.3 is 0 Å². The smallest absolute Gasteiger partial charge is 0.147 e. The van der Waals surface area contributed by atoms with E-state index in [1.807, 2.05) is 36.5 Å². The largest absolute Gasteiger partial charge is 0.377 e. The Bertz CT molecular complexity index is 704. The van der Waals surface area contributed by atoms with Gasteiger partial charge in [-0.2, -0.15) is 5.10 Å². The number of nitrogens with zero attached hydrogens (tertiary/aromatic N) is 2. The molecular weight excluding hydrogens is 289 g/mol. The van der Waals surface area contributed by atoms with E-state index in [2.05, 4.69) is 10.4 Å². The molecule has 0 aliphatic rings. The molecule has 3 rings (SSSR count). The first-order chi connectivity index (χ1) is 10.2. The summed E-state index contributed by atoms with van der Waals surface area (Å²) in [6, 6.07) is 14.4. The Kier molecular flexibility index (Phi) is 3.88. The van der Waals surface area contributed by atoms with Crippen LogP contribution in [0.25, 0.3) is 5.69 Å². The van der Waals surface area contributed by atoms with E-state index < -0.39 is 0 Å². The Hall–Kier alpha value is -2.33. The maximum absolute atomic E-state index is 13.6. The van der Waals surface area contributed by atoms with Crippen molar-refractivity contribution in [2.24, 2.45) is 0 Å². The normalized spacial score (nSPS) is 10.6. The molecule has 0 fully saturated rings. The van der Waals surface area contributed by atoms with Crippen LogP contribution in [0.5, 0.6) is 0 Å². The van der Waals surface area contributed by atoms with Crippen LogP contribution in [0.1, 0.15) is 5.56 Å². The van der Waals surface area contributed by atoms with Crippen molar-refractivity contribution in [1.82, 2.24) is 9.78 Å². The fourth-order valence-corrected chi connectivity index (χ4v) is 2.28. The zero-order valence-corrected chi connectivity index (χ0v) is 11.9. The molecule has 106 valence electrons. The topological polar surface area (TPSA) is 29.9 Å². The summed E-state index contributed by atoms with van der Waals surface area (Å²) in [5, 5.41) is 7.57. The molecule has 0 saturated heterocycles. The van der Waals surface area contributed by atoms with Crippen molar-refractivity contribution in [3.05, 3.63) is 77.3 Å². The number of rotatable bonds is 4. The van der Waals surface area contributed by atoms with Gasteiger partial charge in [-0.25, -0.2) is 9.07 Å². The number of hydrogen-bond donors (Lipinski definition) is 1. The van der Waals surface area contributed by atoms with E-state index >= 15 is 0 Å². The molecule has 0 atom stereocenters. The van der Waals surface area contributed by atoms with Gasteiger partial charge in [-0.1, -0.05) is 29.8 Å². The van der Waals surface area contributed by atoms with E-state index in [1.165, 1.54) is 6.07 Å². The van der Waals surface area contributed by atoms with E-state index in [1.54, 1.807) is 23.0 Å². The maximum Gasteiger partial charge on any atom is 0.147 e. The van der Waals surface area contributed by atoms with Crippen molar-refractivity contribution in [3.8, 4) is 5.69 Å². The molecule has 0 spiro atoms. The fraction of sp³-hybridized carbons (Fsp3) is 0.0625. The molecular formula is C16H13ClFN3. The minimum Gasteiger partial charge on any atom is -0.377 e. The molecule has 3 nitrogen and oxygen atoms in total. The van der Waals surface area contributed by atoms with Gasteiger partial charge in [0.2, 0.25) is 0 Å². The summed E-state index contributed by atoms with van der Waals surface area (Å²) < 4.78 is 15.4. The Morgan fingerprint density at radius 2 is 1.90 bits per heavy atom. The number of para-hydroxylation sites is 1. The molecule has 5 heteroatoms. The number of halogens is 2. The summed E-state index contributed by atoms with van der Waals surface area (Å²) in [5.74, 6) is -0.351. The number of hydrogen-bond acceptors (Lipinski definition) is 2. The van der Waals surface area contributed by atoms with E-state index in [0.29, 0.717) is 17.3 Å². The van der Waals surface area contributed by atoms with E-state index in [0.717, 1.165) is 11.3 Å². The highest BCUT2D eigenvalue weighted by atomic mass is 35.5. The Morgan fingerprint density at radius 3 is 2.57 bits per heavy atom. The SMILES string of the molecule is Fc1cccc(Cl)c1NCc1ccc(-n2cccn2)cc1. The van der Waals surface area contributed by atoms with E-state index in [-0.39, 0.29) is 5.82 Å². The van der Waals surface area contributed by atoms with Crippen LogP contribution in [0.4, 0.5) is 10.1 Å². The molecule has 0 saturated carbocycles. The van der Waals surface area contributed by atoms with Crippen LogP contribution >= 0.6 is 11.6 Å². The van der Waals surface area contributed by atoms with Crippen molar-refractivity contribution in [3.63, 3.8) is 0 Å². The minimum atomic E-state index is -0.351. The molecule has 21 heavy (non-hydrogen) atoms. The average Bonchev–Trinajstić information content (AvgIpc) is 3.02. The monoisotopic (exact) mass is 301 g/mol. The zero-order chi connectivity index (χ0) is 14.7. The first kappa shape index (κ1) is 13.6. The number of benzene rings is 2. The lowest BCUT2D eigenvalue weighted by Crippen LogP contribution is -2.02. The lowest BCUT2D eigenvalue weighted by atomic mass is 10.2. The lowest BCUT2D eigenvalue weighted by Gasteiger charge is -2.10. The van der Waals surface area contributed by atoms with Crippen LogP contribution in [0.2, 0.25) is 5.02 Å².